The molecule has 1 aromatic heterocycles. The standard InChI is InChI=1S/C54H42N4/c55-34-46-16-8-14-44-28-43(21-26-49(44)46)39-19-24-48(25-20-39)54-32-36-27-37(33-54)31-53(30-36,35-54)47-22-17-38(18-23-47)42-13-7-15-45(29-42)52-57-50(40-9-3-1-4-10-40)56-51(58-52)41-11-5-2-6-12-41/h1-26,28-29,36-37H,27,30-33,35H2. The van der Waals surface area contributed by atoms with Crippen LogP contribution in [0.4, 0.5) is 0 Å². The molecular weight excluding hydrogens is 705 g/mol. The summed E-state index contributed by atoms with van der Waals surface area (Å²) in [6.07, 6.45) is 7.80. The molecule has 0 N–H and O–H groups in total. The summed E-state index contributed by atoms with van der Waals surface area (Å²) in [7, 11) is 0. The molecule has 2 unspecified atom stereocenters. The molecule has 4 bridgehead atoms. The van der Waals surface area contributed by atoms with Gasteiger partial charge in [0.05, 0.1) is 11.6 Å². The summed E-state index contributed by atoms with van der Waals surface area (Å²) in [5, 5.41) is 11.7. The van der Waals surface area contributed by atoms with Gasteiger partial charge in [-0.05, 0) is 124 Å². The fraction of sp³-hybridized carbons (Fsp3) is 0.185. The zero-order chi connectivity index (χ0) is 38.7. The highest BCUT2D eigenvalue weighted by Crippen LogP contribution is 2.66. The van der Waals surface area contributed by atoms with Crippen LogP contribution in [0.15, 0.2) is 170 Å². The molecule has 0 saturated heterocycles. The molecule has 4 nitrogen and oxygen atoms in total. The number of hydrogen-bond acceptors (Lipinski definition) is 4. The van der Waals surface area contributed by atoms with Crippen molar-refractivity contribution in [1.82, 2.24) is 15.0 Å². The van der Waals surface area contributed by atoms with E-state index in [1.165, 1.54) is 66.3 Å². The fourth-order valence-electron chi connectivity index (χ4n) is 11.3. The maximum Gasteiger partial charge on any atom is 0.164 e. The average Bonchev–Trinajstić information content (AvgIpc) is 3.29. The predicted octanol–water partition coefficient (Wildman–Crippen LogP) is 13.0. The number of rotatable bonds is 7. The van der Waals surface area contributed by atoms with E-state index >= 15 is 0 Å². The number of benzene rings is 7. The molecule has 4 heteroatoms. The molecule has 12 rings (SSSR count). The van der Waals surface area contributed by atoms with Crippen molar-refractivity contribution in [3.05, 3.63) is 187 Å². The van der Waals surface area contributed by atoms with Gasteiger partial charge >= 0.3 is 0 Å². The molecule has 4 fully saturated rings. The van der Waals surface area contributed by atoms with E-state index < -0.39 is 0 Å². The van der Waals surface area contributed by atoms with E-state index in [2.05, 4.69) is 103 Å². The molecule has 0 amide bonds. The Labute approximate surface area is 340 Å². The Morgan fingerprint density at radius 2 is 0.897 bits per heavy atom. The molecule has 4 aliphatic carbocycles. The summed E-state index contributed by atoms with van der Waals surface area (Å²) in [5.41, 5.74) is 11.9. The van der Waals surface area contributed by atoms with E-state index in [0.29, 0.717) is 17.5 Å². The molecule has 0 spiro atoms. The van der Waals surface area contributed by atoms with Gasteiger partial charge in [0.15, 0.2) is 17.5 Å². The molecule has 2 atom stereocenters. The zero-order valence-electron chi connectivity index (χ0n) is 32.4. The van der Waals surface area contributed by atoms with Crippen molar-refractivity contribution >= 4 is 10.8 Å². The lowest BCUT2D eigenvalue weighted by atomic mass is 9.41. The van der Waals surface area contributed by atoms with Crippen LogP contribution in [0.1, 0.15) is 55.2 Å². The number of nitrogens with zero attached hydrogens (tertiary/aromatic N) is 4. The molecule has 4 aliphatic rings. The van der Waals surface area contributed by atoms with Gasteiger partial charge in [-0.2, -0.15) is 5.26 Å². The Morgan fingerprint density at radius 1 is 0.431 bits per heavy atom. The van der Waals surface area contributed by atoms with Crippen LogP contribution < -0.4 is 0 Å². The monoisotopic (exact) mass is 746 g/mol. The SMILES string of the molecule is N#Cc1cccc2cc(-c3ccc(C45CC6CC(CC(c7ccc(-c8cccc(-c9nc(-c%10ccccc%10)nc(-c%10ccccc%10)n9)c8)cc7)(C6)C4)C5)cc3)ccc12. The molecule has 8 aromatic rings. The van der Waals surface area contributed by atoms with Crippen molar-refractivity contribution in [2.45, 2.75) is 49.4 Å². The summed E-state index contributed by atoms with van der Waals surface area (Å²) in [6.45, 7) is 0. The fourth-order valence-corrected chi connectivity index (χ4v) is 11.3. The van der Waals surface area contributed by atoms with Gasteiger partial charge in [-0.25, -0.2) is 15.0 Å². The molecule has 1 heterocycles. The van der Waals surface area contributed by atoms with Gasteiger partial charge in [0.2, 0.25) is 0 Å². The van der Waals surface area contributed by atoms with E-state index in [1.807, 2.05) is 72.8 Å². The summed E-state index contributed by atoms with van der Waals surface area (Å²) >= 11 is 0. The van der Waals surface area contributed by atoms with Crippen LogP contribution in [0.25, 0.3) is 67.2 Å². The van der Waals surface area contributed by atoms with Crippen molar-refractivity contribution in [3.63, 3.8) is 0 Å². The summed E-state index contributed by atoms with van der Waals surface area (Å²) in [5.74, 6) is 3.56. The van der Waals surface area contributed by atoms with Crippen LogP contribution in [-0.2, 0) is 10.8 Å². The average molecular weight is 747 g/mol. The lowest BCUT2D eigenvalue weighted by Gasteiger charge is -2.63. The topological polar surface area (TPSA) is 62.5 Å². The van der Waals surface area contributed by atoms with Crippen molar-refractivity contribution in [2.24, 2.45) is 11.8 Å². The largest absolute Gasteiger partial charge is 0.208 e. The first-order valence-corrected chi connectivity index (χ1v) is 20.7. The third-order valence-electron chi connectivity index (χ3n) is 13.5. The Bertz CT molecular complexity index is 2780. The Hall–Kier alpha value is -6.70. The van der Waals surface area contributed by atoms with Crippen LogP contribution in [-0.4, -0.2) is 15.0 Å². The van der Waals surface area contributed by atoms with E-state index in [9.17, 15) is 5.26 Å². The van der Waals surface area contributed by atoms with Gasteiger partial charge in [-0.15, -0.1) is 0 Å². The molecule has 7 aromatic carbocycles. The molecule has 0 radical (unpaired) electrons. The summed E-state index contributed by atoms with van der Waals surface area (Å²) < 4.78 is 0. The first-order chi connectivity index (χ1) is 28.5. The third-order valence-corrected chi connectivity index (χ3v) is 13.5. The normalized spacial score (nSPS) is 21.8. The molecule has 4 saturated carbocycles. The minimum Gasteiger partial charge on any atom is -0.208 e. The third kappa shape index (κ3) is 6.01. The van der Waals surface area contributed by atoms with Crippen LogP contribution in [0.2, 0.25) is 0 Å². The second-order valence-corrected chi connectivity index (χ2v) is 17.1. The van der Waals surface area contributed by atoms with Gasteiger partial charge < -0.3 is 0 Å². The van der Waals surface area contributed by atoms with Gasteiger partial charge in [0, 0.05) is 16.7 Å². The number of aromatic nitrogens is 3. The van der Waals surface area contributed by atoms with Crippen molar-refractivity contribution in [2.75, 3.05) is 0 Å². The van der Waals surface area contributed by atoms with Crippen molar-refractivity contribution in [1.29, 1.82) is 5.26 Å². The highest BCUT2D eigenvalue weighted by Gasteiger charge is 2.58. The van der Waals surface area contributed by atoms with Crippen LogP contribution in [0.3, 0.4) is 0 Å². The minimum absolute atomic E-state index is 0.215. The van der Waals surface area contributed by atoms with Crippen LogP contribution >= 0.6 is 0 Å². The Kier molecular flexibility index (Phi) is 8.19. The van der Waals surface area contributed by atoms with Gasteiger partial charge in [-0.1, -0.05) is 152 Å². The first-order valence-electron chi connectivity index (χ1n) is 20.7. The molecule has 58 heavy (non-hydrogen) atoms. The maximum atomic E-state index is 9.58. The van der Waals surface area contributed by atoms with Crippen molar-refractivity contribution < 1.29 is 0 Å². The zero-order valence-corrected chi connectivity index (χ0v) is 32.4. The Balaban J connectivity index is 0.881. The summed E-state index contributed by atoms with van der Waals surface area (Å²) in [4.78, 5) is 14.9. The smallest absolute Gasteiger partial charge is 0.164 e. The highest BCUT2D eigenvalue weighted by molar-refractivity contribution is 5.91. The minimum atomic E-state index is 0.215. The number of nitriles is 1. The molecular formula is C54H42N4. The quantitative estimate of drug-likeness (QED) is 0.163. The van der Waals surface area contributed by atoms with E-state index in [1.54, 1.807) is 0 Å². The van der Waals surface area contributed by atoms with Crippen LogP contribution in [0, 0.1) is 23.2 Å². The Morgan fingerprint density at radius 3 is 1.45 bits per heavy atom. The molecule has 0 aliphatic heterocycles. The summed E-state index contributed by atoms with van der Waals surface area (Å²) in [6, 6.07) is 62.8. The van der Waals surface area contributed by atoms with E-state index in [4.69, 9.17) is 15.0 Å². The number of hydrogen-bond donors (Lipinski definition) is 0. The lowest BCUT2D eigenvalue weighted by Crippen LogP contribution is -2.55. The van der Waals surface area contributed by atoms with Crippen molar-refractivity contribution in [3.8, 4) is 62.5 Å². The van der Waals surface area contributed by atoms with Gasteiger partial charge in [0.25, 0.3) is 0 Å². The highest BCUT2D eigenvalue weighted by atomic mass is 15.0. The maximum absolute atomic E-state index is 9.58. The van der Waals surface area contributed by atoms with E-state index in [-0.39, 0.29) is 10.8 Å². The first kappa shape index (κ1) is 34.5. The van der Waals surface area contributed by atoms with Crippen LogP contribution in [0.5, 0.6) is 0 Å². The lowest BCUT2D eigenvalue weighted by molar-refractivity contribution is -0.0281. The second kappa shape index (κ2) is 13.7. The predicted molar refractivity (Wildman–Crippen MR) is 234 cm³/mol. The van der Waals surface area contributed by atoms with E-state index in [0.717, 1.165) is 50.4 Å². The van der Waals surface area contributed by atoms with Gasteiger partial charge in [-0.3, -0.25) is 0 Å². The second-order valence-electron chi connectivity index (χ2n) is 17.1. The van der Waals surface area contributed by atoms with Gasteiger partial charge in [0.1, 0.15) is 0 Å². The number of fused-ring (bicyclic) bond motifs is 1. The molecule has 278 valence electrons.